The molecule has 0 spiro atoms. The van der Waals surface area contributed by atoms with E-state index in [4.69, 9.17) is 4.74 Å². The Bertz CT molecular complexity index is 561. The summed E-state index contributed by atoms with van der Waals surface area (Å²) in [4.78, 5) is 12.1. The van der Waals surface area contributed by atoms with Crippen LogP contribution in [0.25, 0.3) is 0 Å². The van der Waals surface area contributed by atoms with Gasteiger partial charge in [-0.05, 0) is 18.2 Å². The molecule has 0 fully saturated rings. The lowest BCUT2D eigenvalue weighted by Gasteiger charge is -2.05. The fourth-order valence-corrected chi connectivity index (χ4v) is 1.52. The number of aromatic hydroxyl groups is 1. The summed E-state index contributed by atoms with van der Waals surface area (Å²) in [6.45, 7) is 0. The predicted octanol–water partition coefficient (Wildman–Crippen LogP) is 1.37. The molecule has 0 amide bonds. The van der Waals surface area contributed by atoms with Crippen molar-refractivity contribution in [3.8, 4) is 11.5 Å². The lowest BCUT2D eigenvalue weighted by atomic mass is 10.1. The summed E-state index contributed by atoms with van der Waals surface area (Å²) in [5.74, 6) is 0.171. The van der Waals surface area contributed by atoms with Crippen LogP contribution in [0.5, 0.6) is 11.5 Å². The largest absolute Gasteiger partial charge is 0.507 e. The number of phenolic OH excluding ortho intramolecular Hbond substituents is 1. The first-order valence-electron chi connectivity index (χ1n) is 5.02. The van der Waals surface area contributed by atoms with Gasteiger partial charge < -0.3 is 9.84 Å². The molecule has 5 nitrogen and oxygen atoms in total. The van der Waals surface area contributed by atoms with Crippen LogP contribution in [-0.4, -0.2) is 27.8 Å². The number of aromatic nitrogens is 2. The highest BCUT2D eigenvalue weighted by molar-refractivity contribution is 6.10. The van der Waals surface area contributed by atoms with Crippen LogP contribution in [0, 0.1) is 0 Å². The van der Waals surface area contributed by atoms with Gasteiger partial charge in [0.05, 0.1) is 24.4 Å². The maximum absolute atomic E-state index is 12.1. The molecule has 1 heterocycles. The molecule has 0 unspecified atom stereocenters. The quantitative estimate of drug-likeness (QED) is 0.812. The van der Waals surface area contributed by atoms with E-state index in [0.29, 0.717) is 11.3 Å². The minimum Gasteiger partial charge on any atom is -0.507 e. The molecule has 0 atom stereocenters. The van der Waals surface area contributed by atoms with Crippen LogP contribution < -0.4 is 4.74 Å². The van der Waals surface area contributed by atoms with Crippen molar-refractivity contribution in [1.29, 1.82) is 0 Å². The van der Waals surface area contributed by atoms with Gasteiger partial charge in [0, 0.05) is 13.2 Å². The highest BCUT2D eigenvalue weighted by Crippen LogP contribution is 2.25. The van der Waals surface area contributed by atoms with Gasteiger partial charge in [-0.1, -0.05) is 0 Å². The van der Waals surface area contributed by atoms with Crippen LogP contribution >= 0.6 is 0 Å². The highest BCUT2D eigenvalue weighted by Gasteiger charge is 2.15. The molecule has 2 aromatic rings. The van der Waals surface area contributed by atoms with E-state index >= 15 is 0 Å². The van der Waals surface area contributed by atoms with Crippen molar-refractivity contribution in [2.75, 3.05) is 7.11 Å². The summed E-state index contributed by atoms with van der Waals surface area (Å²) in [5, 5.41) is 13.6. The first-order valence-corrected chi connectivity index (χ1v) is 5.02. The van der Waals surface area contributed by atoms with Gasteiger partial charge in [-0.2, -0.15) is 5.10 Å². The lowest BCUT2D eigenvalue weighted by Crippen LogP contribution is -2.01. The third-order valence-electron chi connectivity index (χ3n) is 2.42. The average Bonchev–Trinajstić information content (AvgIpc) is 2.76. The zero-order chi connectivity index (χ0) is 12.4. The van der Waals surface area contributed by atoms with E-state index in [9.17, 15) is 9.90 Å². The standard InChI is InChI=1S/C12H12N2O3/c1-14-7-8(6-13-14)12(16)10-5-9(17-2)3-4-11(10)15/h3-7,15H,1-2H3. The summed E-state index contributed by atoms with van der Waals surface area (Å²) >= 11 is 0. The molecule has 1 aromatic heterocycles. The Morgan fingerprint density at radius 1 is 1.47 bits per heavy atom. The molecule has 0 aliphatic rings. The molecule has 88 valence electrons. The summed E-state index contributed by atoms with van der Waals surface area (Å²) in [7, 11) is 3.23. The first-order chi connectivity index (χ1) is 8.11. The summed E-state index contributed by atoms with van der Waals surface area (Å²) in [6, 6.07) is 4.53. The van der Waals surface area contributed by atoms with Crippen LogP contribution in [0.4, 0.5) is 0 Å². The number of benzene rings is 1. The third-order valence-corrected chi connectivity index (χ3v) is 2.42. The molecular weight excluding hydrogens is 220 g/mol. The van der Waals surface area contributed by atoms with Gasteiger partial charge >= 0.3 is 0 Å². The minimum absolute atomic E-state index is 0.0698. The Balaban J connectivity index is 2.43. The number of hydrogen-bond donors (Lipinski definition) is 1. The number of methoxy groups -OCH3 is 1. The van der Waals surface area contributed by atoms with Crippen molar-refractivity contribution in [2.45, 2.75) is 0 Å². The van der Waals surface area contributed by atoms with E-state index in [0.717, 1.165) is 0 Å². The second-order valence-corrected chi connectivity index (χ2v) is 3.61. The fourth-order valence-electron chi connectivity index (χ4n) is 1.52. The van der Waals surface area contributed by atoms with Gasteiger partial charge in [0.25, 0.3) is 0 Å². The van der Waals surface area contributed by atoms with E-state index in [1.54, 1.807) is 19.3 Å². The second kappa shape index (κ2) is 4.29. The summed E-state index contributed by atoms with van der Waals surface area (Å²) in [6.07, 6.45) is 3.06. The molecule has 2 rings (SSSR count). The topological polar surface area (TPSA) is 64.3 Å². The van der Waals surface area contributed by atoms with Gasteiger partial charge in [0.2, 0.25) is 0 Å². The van der Waals surface area contributed by atoms with Crippen LogP contribution in [0.3, 0.4) is 0 Å². The minimum atomic E-state index is -0.283. The number of rotatable bonds is 3. The van der Waals surface area contributed by atoms with Crippen molar-refractivity contribution < 1.29 is 14.6 Å². The molecular formula is C12H12N2O3. The Morgan fingerprint density at radius 2 is 2.24 bits per heavy atom. The number of carbonyl (C=O) groups excluding carboxylic acids is 1. The molecule has 0 aliphatic heterocycles. The Labute approximate surface area is 98.3 Å². The molecule has 0 saturated carbocycles. The number of ether oxygens (including phenoxy) is 1. The zero-order valence-corrected chi connectivity index (χ0v) is 9.54. The number of hydrogen-bond acceptors (Lipinski definition) is 4. The van der Waals surface area contributed by atoms with Crippen molar-refractivity contribution in [3.05, 3.63) is 41.7 Å². The number of nitrogens with zero attached hydrogens (tertiary/aromatic N) is 2. The summed E-state index contributed by atoms with van der Waals surface area (Å²) in [5.41, 5.74) is 0.633. The van der Waals surface area contributed by atoms with Gasteiger partial charge in [-0.25, -0.2) is 0 Å². The van der Waals surface area contributed by atoms with Crippen molar-refractivity contribution >= 4 is 5.78 Å². The number of phenols is 1. The van der Waals surface area contributed by atoms with Crippen LogP contribution in [-0.2, 0) is 7.05 Å². The second-order valence-electron chi connectivity index (χ2n) is 3.61. The van der Waals surface area contributed by atoms with E-state index in [2.05, 4.69) is 5.10 Å². The Morgan fingerprint density at radius 3 is 2.82 bits per heavy atom. The molecule has 1 N–H and O–H groups in total. The number of carbonyl (C=O) groups is 1. The number of aryl methyl sites for hydroxylation is 1. The fraction of sp³-hybridized carbons (Fsp3) is 0.167. The third kappa shape index (κ3) is 2.13. The van der Waals surface area contributed by atoms with Gasteiger partial charge in [-0.15, -0.1) is 0 Å². The van der Waals surface area contributed by atoms with Gasteiger partial charge in [0.1, 0.15) is 11.5 Å². The van der Waals surface area contributed by atoms with Crippen molar-refractivity contribution in [3.63, 3.8) is 0 Å². The van der Waals surface area contributed by atoms with Gasteiger partial charge in [0.15, 0.2) is 5.78 Å². The Hall–Kier alpha value is -2.30. The molecule has 0 radical (unpaired) electrons. The smallest absolute Gasteiger partial charge is 0.200 e. The zero-order valence-electron chi connectivity index (χ0n) is 9.54. The number of ketones is 1. The average molecular weight is 232 g/mol. The molecule has 1 aromatic carbocycles. The summed E-state index contributed by atoms with van der Waals surface area (Å²) < 4.78 is 6.55. The van der Waals surface area contributed by atoms with Crippen molar-refractivity contribution in [2.24, 2.45) is 7.05 Å². The molecule has 0 aliphatic carbocycles. The van der Waals surface area contributed by atoms with Gasteiger partial charge in [-0.3, -0.25) is 9.48 Å². The first kappa shape index (κ1) is 11.2. The van der Waals surface area contributed by atoms with E-state index < -0.39 is 0 Å². The SMILES string of the molecule is COc1ccc(O)c(C(=O)c2cnn(C)c2)c1. The van der Waals surface area contributed by atoms with Crippen LogP contribution in [0.15, 0.2) is 30.6 Å². The molecule has 5 heteroatoms. The van der Waals surface area contributed by atoms with Crippen LogP contribution in [0.1, 0.15) is 15.9 Å². The maximum Gasteiger partial charge on any atom is 0.200 e. The maximum atomic E-state index is 12.1. The monoisotopic (exact) mass is 232 g/mol. The normalized spacial score (nSPS) is 10.2. The highest BCUT2D eigenvalue weighted by atomic mass is 16.5. The molecule has 17 heavy (non-hydrogen) atoms. The van der Waals surface area contributed by atoms with E-state index in [1.807, 2.05) is 0 Å². The van der Waals surface area contributed by atoms with E-state index in [1.165, 1.54) is 30.1 Å². The predicted molar refractivity (Wildman–Crippen MR) is 61.3 cm³/mol. The Kier molecular flexibility index (Phi) is 2.82. The molecule has 0 saturated heterocycles. The van der Waals surface area contributed by atoms with Crippen molar-refractivity contribution in [1.82, 2.24) is 9.78 Å². The molecule has 0 bridgehead atoms. The lowest BCUT2D eigenvalue weighted by molar-refractivity contribution is 0.103. The van der Waals surface area contributed by atoms with Crippen LogP contribution in [0.2, 0.25) is 0 Å². The van der Waals surface area contributed by atoms with E-state index in [-0.39, 0.29) is 17.1 Å².